The minimum atomic E-state index is -1.21. The molecular formula is C12H14N2O5S. The maximum absolute atomic E-state index is 11.3. The lowest BCUT2D eigenvalue weighted by Gasteiger charge is -2.24. The SMILES string of the molecule is O=C(O)c1cc([N+](=O)[O-])ccc1NC1CCS(=O)CC1. The standard InChI is InChI=1S/C12H14N2O5S/c15-12(16)10-7-9(14(17)18)1-2-11(10)13-8-3-5-20(19)6-4-8/h1-2,7-8,13H,3-6H2,(H,15,16). The van der Waals surface area contributed by atoms with Gasteiger partial charge in [-0.1, -0.05) is 0 Å². The molecule has 0 radical (unpaired) electrons. The predicted octanol–water partition coefficient (Wildman–Crippen LogP) is 1.62. The fourth-order valence-corrected chi connectivity index (χ4v) is 3.41. The molecule has 108 valence electrons. The molecule has 0 atom stereocenters. The van der Waals surface area contributed by atoms with Crippen molar-refractivity contribution in [2.75, 3.05) is 16.8 Å². The number of carboxylic acid groups (broad SMARTS) is 1. The van der Waals surface area contributed by atoms with Crippen LogP contribution in [0.25, 0.3) is 0 Å². The molecule has 2 N–H and O–H groups in total. The van der Waals surface area contributed by atoms with Crippen LogP contribution in [0.2, 0.25) is 0 Å². The summed E-state index contributed by atoms with van der Waals surface area (Å²) in [4.78, 5) is 21.2. The topological polar surface area (TPSA) is 110 Å². The summed E-state index contributed by atoms with van der Waals surface area (Å²) in [5, 5.41) is 22.9. The molecule has 8 heteroatoms. The monoisotopic (exact) mass is 298 g/mol. The molecule has 0 aliphatic carbocycles. The summed E-state index contributed by atoms with van der Waals surface area (Å²) in [6, 6.07) is 3.78. The first-order valence-corrected chi connectivity index (χ1v) is 7.59. The molecule has 0 aromatic heterocycles. The number of rotatable bonds is 4. The smallest absolute Gasteiger partial charge is 0.338 e. The van der Waals surface area contributed by atoms with E-state index in [9.17, 15) is 19.1 Å². The van der Waals surface area contributed by atoms with Crippen LogP contribution in [-0.4, -0.2) is 37.8 Å². The number of carboxylic acids is 1. The fourth-order valence-electron chi connectivity index (χ4n) is 2.11. The lowest BCUT2D eigenvalue weighted by Crippen LogP contribution is -2.30. The second-order valence-electron chi connectivity index (χ2n) is 4.56. The molecule has 1 aliphatic rings. The van der Waals surface area contributed by atoms with Crippen molar-refractivity contribution < 1.29 is 19.0 Å². The highest BCUT2D eigenvalue weighted by Gasteiger charge is 2.21. The zero-order valence-corrected chi connectivity index (χ0v) is 11.4. The Morgan fingerprint density at radius 2 is 2.05 bits per heavy atom. The van der Waals surface area contributed by atoms with E-state index < -0.39 is 21.7 Å². The highest BCUT2D eigenvalue weighted by Crippen LogP contribution is 2.24. The minimum absolute atomic E-state index is 0.0484. The highest BCUT2D eigenvalue weighted by atomic mass is 32.2. The molecule has 1 aromatic rings. The van der Waals surface area contributed by atoms with Gasteiger partial charge in [-0.2, -0.15) is 0 Å². The van der Waals surface area contributed by atoms with Gasteiger partial charge in [-0.05, 0) is 18.9 Å². The average Bonchev–Trinajstić information content (AvgIpc) is 2.41. The Kier molecular flexibility index (Phi) is 4.33. The van der Waals surface area contributed by atoms with Crippen LogP contribution in [0, 0.1) is 10.1 Å². The lowest BCUT2D eigenvalue weighted by molar-refractivity contribution is -0.384. The molecule has 0 bridgehead atoms. The molecule has 7 nitrogen and oxygen atoms in total. The Hall–Kier alpha value is -1.96. The third kappa shape index (κ3) is 3.32. The van der Waals surface area contributed by atoms with E-state index >= 15 is 0 Å². The maximum atomic E-state index is 11.3. The molecule has 20 heavy (non-hydrogen) atoms. The maximum Gasteiger partial charge on any atom is 0.338 e. The van der Waals surface area contributed by atoms with Crippen LogP contribution in [-0.2, 0) is 10.8 Å². The Labute approximate surface area is 117 Å². The number of non-ortho nitro benzene ring substituents is 1. The Morgan fingerprint density at radius 1 is 1.40 bits per heavy atom. The quantitative estimate of drug-likeness (QED) is 0.645. The van der Waals surface area contributed by atoms with Gasteiger partial charge in [-0.25, -0.2) is 4.79 Å². The van der Waals surface area contributed by atoms with Crippen LogP contribution in [0.1, 0.15) is 23.2 Å². The van der Waals surface area contributed by atoms with Gasteiger partial charge in [0.15, 0.2) is 0 Å². The number of carbonyl (C=O) groups is 1. The summed E-state index contributed by atoms with van der Waals surface area (Å²) in [6.07, 6.45) is 1.39. The zero-order chi connectivity index (χ0) is 14.7. The van der Waals surface area contributed by atoms with E-state index in [1.807, 2.05) is 0 Å². The van der Waals surface area contributed by atoms with Crippen molar-refractivity contribution in [2.24, 2.45) is 0 Å². The van der Waals surface area contributed by atoms with Gasteiger partial charge in [-0.15, -0.1) is 0 Å². The number of benzene rings is 1. The molecule has 2 rings (SSSR count). The third-order valence-electron chi connectivity index (χ3n) is 3.19. The van der Waals surface area contributed by atoms with Crippen molar-refractivity contribution in [3.63, 3.8) is 0 Å². The van der Waals surface area contributed by atoms with Crippen molar-refractivity contribution in [3.05, 3.63) is 33.9 Å². The summed E-state index contributed by atoms with van der Waals surface area (Å²) in [5.41, 5.74) is -0.00984. The minimum Gasteiger partial charge on any atom is -0.478 e. The first-order valence-electron chi connectivity index (χ1n) is 6.10. The third-order valence-corrected chi connectivity index (χ3v) is 4.57. The number of hydrogen-bond acceptors (Lipinski definition) is 5. The van der Waals surface area contributed by atoms with E-state index in [1.54, 1.807) is 0 Å². The Balaban J connectivity index is 2.20. The van der Waals surface area contributed by atoms with Crippen LogP contribution in [0.5, 0.6) is 0 Å². The van der Waals surface area contributed by atoms with Crippen molar-refractivity contribution >= 4 is 28.1 Å². The number of nitro benzene ring substituents is 1. The summed E-state index contributed by atoms with van der Waals surface area (Å²) in [7, 11) is -0.789. The van der Waals surface area contributed by atoms with Gasteiger partial charge in [0.25, 0.3) is 5.69 Å². The summed E-state index contributed by atoms with van der Waals surface area (Å²) < 4.78 is 11.3. The van der Waals surface area contributed by atoms with E-state index in [4.69, 9.17) is 5.11 Å². The van der Waals surface area contributed by atoms with Crippen LogP contribution >= 0.6 is 0 Å². The second-order valence-corrected chi connectivity index (χ2v) is 6.25. The number of aromatic carboxylic acids is 1. The highest BCUT2D eigenvalue weighted by molar-refractivity contribution is 7.85. The van der Waals surface area contributed by atoms with Crippen LogP contribution in [0.15, 0.2) is 18.2 Å². The number of nitrogens with one attached hydrogen (secondary N) is 1. The summed E-state index contributed by atoms with van der Waals surface area (Å²) in [6.45, 7) is 0. The van der Waals surface area contributed by atoms with Crippen molar-refractivity contribution in [1.82, 2.24) is 0 Å². The molecule has 0 saturated carbocycles. The largest absolute Gasteiger partial charge is 0.478 e. The van der Waals surface area contributed by atoms with Gasteiger partial charge in [-0.3, -0.25) is 14.3 Å². The Bertz CT molecular complexity index is 565. The zero-order valence-electron chi connectivity index (χ0n) is 10.6. The van der Waals surface area contributed by atoms with E-state index in [0.29, 0.717) is 30.0 Å². The molecule has 1 aromatic carbocycles. The number of hydrogen-bond donors (Lipinski definition) is 2. The molecule has 1 heterocycles. The van der Waals surface area contributed by atoms with Gasteiger partial charge in [0.1, 0.15) is 0 Å². The normalized spacial score (nSPS) is 22.2. The first kappa shape index (κ1) is 14.4. The Morgan fingerprint density at radius 3 is 2.60 bits per heavy atom. The van der Waals surface area contributed by atoms with Gasteiger partial charge in [0, 0.05) is 46.2 Å². The summed E-state index contributed by atoms with van der Waals surface area (Å²) in [5.74, 6) is -0.0318. The van der Waals surface area contributed by atoms with Crippen molar-refractivity contribution in [3.8, 4) is 0 Å². The first-order chi connectivity index (χ1) is 9.47. The molecule has 0 spiro atoms. The number of nitrogens with zero attached hydrogens (tertiary/aromatic N) is 1. The molecule has 1 fully saturated rings. The van der Waals surface area contributed by atoms with Crippen molar-refractivity contribution in [2.45, 2.75) is 18.9 Å². The predicted molar refractivity (Wildman–Crippen MR) is 74.6 cm³/mol. The van der Waals surface area contributed by atoms with Gasteiger partial charge in [0.05, 0.1) is 10.5 Å². The van der Waals surface area contributed by atoms with Gasteiger partial charge in [0.2, 0.25) is 0 Å². The lowest BCUT2D eigenvalue weighted by atomic mass is 10.1. The number of nitro groups is 1. The van der Waals surface area contributed by atoms with Crippen LogP contribution in [0.3, 0.4) is 0 Å². The summed E-state index contributed by atoms with van der Waals surface area (Å²) >= 11 is 0. The van der Waals surface area contributed by atoms with E-state index in [0.717, 1.165) is 6.07 Å². The van der Waals surface area contributed by atoms with Crippen LogP contribution in [0.4, 0.5) is 11.4 Å². The fraction of sp³-hybridized carbons (Fsp3) is 0.417. The molecular weight excluding hydrogens is 284 g/mol. The van der Waals surface area contributed by atoms with E-state index in [2.05, 4.69) is 5.32 Å². The molecule has 1 saturated heterocycles. The van der Waals surface area contributed by atoms with Gasteiger partial charge < -0.3 is 10.4 Å². The van der Waals surface area contributed by atoms with E-state index in [-0.39, 0.29) is 17.3 Å². The number of anilines is 1. The van der Waals surface area contributed by atoms with Crippen LogP contribution < -0.4 is 5.32 Å². The second kappa shape index (κ2) is 6.00. The van der Waals surface area contributed by atoms with Crippen molar-refractivity contribution in [1.29, 1.82) is 0 Å². The van der Waals surface area contributed by atoms with E-state index in [1.165, 1.54) is 12.1 Å². The molecule has 0 amide bonds. The molecule has 1 aliphatic heterocycles. The molecule has 0 unspecified atom stereocenters. The van der Waals surface area contributed by atoms with Gasteiger partial charge >= 0.3 is 5.97 Å². The average molecular weight is 298 g/mol.